The highest BCUT2D eigenvalue weighted by atomic mass is 16.5. The van der Waals surface area contributed by atoms with Gasteiger partial charge >= 0.3 is 0 Å². The van der Waals surface area contributed by atoms with Crippen molar-refractivity contribution in [3.8, 4) is 0 Å². The normalized spacial score (nSPS) is 17.5. The Morgan fingerprint density at radius 2 is 1.87 bits per heavy atom. The molecule has 2 aromatic rings. The number of aryl methyl sites for hydroxylation is 3. The number of imidazole rings is 1. The summed E-state index contributed by atoms with van der Waals surface area (Å²) >= 11 is 0. The Balaban J connectivity index is 1.48. The van der Waals surface area contributed by atoms with E-state index in [2.05, 4.69) is 47.4 Å². The number of benzene rings is 1. The van der Waals surface area contributed by atoms with E-state index in [1.807, 2.05) is 17.3 Å². The second-order valence-electron chi connectivity index (χ2n) is 9.19. The van der Waals surface area contributed by atoms with Crippen molar-refractivity contribution in [1.29, 1.82) is 0 Å². The summed E-state index contributed by atoms with van der Waals surface area (Å²) < 4.78 is 7.68. The fourth-order valence-corrected chi connectivity index (χ4v) is 4.70. The summed E-state index contributed by atoms with van der Waals surface area (Å²) in [5.41, 5.74) is 5.26. The minimum atomic E-state index is 0.203. The van der Waals surface area contributed by atoms with Gasteiger partial charge in [0.1, 0.15) is 5.82 Å². The molecule has 0 radical (unpaired) electrons. The van der Waals surface area contributed by atoms with Crippen LogP contribution in [0.15, 0.2) is 24.5 Å². The number of carbonyl (C=O) groups excluding carboxylic acids is 1. The average Bonchev–Trinajstić information content (AvgIpc) is 3.14. The summed E-state index contributed by atoms with van der Waals surface area (Å²) in [5, 5.41) is 0. The van der Waals surface area contributed by atoms with Gasteiger partial charge < -0.3 is 14.2 Å². The molecule has 2 aliphatic rings. The monoisotopic (exact) mass is 424 g/mol. The van der Waals surface area contributed by atoms with Crippen molar-refractivity contribution in [2.24, 2.45) is 5.92 Å². The largest absolute Gasteiger partial charge is 0.379 e. The summed E-state index contributed by atoms with van der Waals surface area (Å²) in [6, 6.07) is 4.49. The van der Waals surface area contributed by atoms with Crippen LogP contribution < -0.4 is 0 Å². The highest BCUT2D eigenvalue weighted by molar-refractivity contribution is 5.79. The topological polar surface area (TPSA) is 50.6 Å². The average molecular weight is 425 g/mol. The minimum absolute atomic E-state index is 0.203. The van der Waals surface area contributed by atoms with Crippen LogP contribution in [0.25, 0.3) is 0 Å². The molecular formula is C25H36N4O2. The first-order valence-electron chi connectivity index (χ1n) is 11.7. The third-order valence-corrected chi connectivity index (χ3v) is 6.86. The SMILES string of the molecule is Cc1cc(C)c(Cn2ccnc2CN(CCN2CCOCC2)C(=O)C2CCC2)c(C)c1. The summed E-state index contributed by atoms with van der Waals surface area (Å²) in [6.07, 6.45) is 7.14. The maximum Gasteiger partial charge on any atom is 0.226 e. The van der Waals surface area contributed by atoms with E-state index in [0.29, 0.717) is 12.5 Å². The van der Waals surface area contributed by atoms with Crippen molar-refractivity contribution in [2.45, 2.75) is 53.1 Å². The number of ether oxygens (including phenoxy) is 1. The van der Waals surface area contributed by atoms with Gasteiger partial charge in [-0.3, -0.25) is 9.69 Å². The molecule has 1 aliphatic heterocycles. The molecule has 2 heterocycles. The predicted molar refractivity (Wildman–Crippen MR) is 122 cm³/mol. The summed E-state index contributed by atoms with van der Waals surface area (Å²) in [7, 11) is 0. The van der Waals surface area contributed by atoms with Crippen LogP contribution in [0, 0.1) is 26.7 Å². The summed E-state index contributed by atoms with van der Waals surface area (Å²) in [4.78, 5) is 22.3. The van der Waals surface area contributed by atoms with Gasteiger partial charge in [0, 0.05) is 51.0 Å². The van der Waals surface area contributed by atoms with Gasteiger partial charge in [-0.2, -0.15) is 0 Å². The van der Waals surface area contributed by atoms with Gasteiger partial charge in [0.15, 0.2) is 0 Å². The fourth-order valence-electron chi connectivity index (χ4n) is 4.70. The van der Waals surface area contributed by atoms with Crippen molar-refractivity contribution in [2.75, 3.05) is 39.4 Å². The van der Waals surface area contributed by atoms with Crippen molar-refractivity contribution in [1.82, 2.24) is 19.4 Å². The molecule has 0 atom stereocenters. The van der Waals surface area contributed by atoms with Crippen LogP contribution >= 0.6 is 0 Å². The number of hydrogen-bond donors (Lipinski definition) is 0. The highest BCUT2D eigenvalue weighted by Gasteiger charge is 2.30. The molecule has 168 valence electrons. The second kappa shape index (κ2) is 9.96. The van der Waals surface area contributed by atoms with Crippen LogP contribution in [0.1, 0.15) is 47.3 Å². The highest BCUT2D eigenvalue weighted by Crippen LogP contribution is 2.29. The molecule has 6 nitrogen and oxygen atoms in total. The van der Waals surface area contributed by atoms with Crippen molar-refractivity contribution in [3.63, 3.8) is 0 Å². The zero-order valence-electron chi connectivity index (χ0n) is 19.3. The lowest BCUT2D eigenvalue weighted by atomic mass is 9.84. The van der Waals surface area contributed by atoms with Crippen molar-refractivity contribution in [3.05, 3.63) is 52.6 Å². The second-order valence-corrected chi connectivity index (χ2v) is 9.19. The van der Waals surface area contributed by atoms with E-state index in [4.69, 9.17) is 4.74 Å². The molecule has 1 aromatic carbocycles. The quantitative estimate of drug-likeness (QED) is 0.652. The third-order valence-electron chi connectivity index (χ3n) is 6.86. The van der Waals surface area contributed by atoms with Crippen LogP contribution in [0.3, 0.4) is 0 Å². The lowest BCUT2D eigenvalue weighted by molar-refractivity contribution is -0.139. The number of carbonyl (C=O) groups is 1. The molecule has 0 N–H and O–H groups in total. The van der Waals surface area contributed by atoms with Crippen LogP contribution in [-0.4, -0.2) is 64.7 Å². The summed E-state index contributed by atoms with van der Waals surface area (Å²) in [5.74, 6) is 1.47. The zero-order chi connectivity index (χ0) is 21.8. The molecule has 2 fully saturated rings. The molecule has 0 bridgehead atoms. The number of morpholine rings is 1. The Kier molecular flexibility index (Phi) is 7.08. The molecule has 1 aliphatic carbocycles. The van der Waals surface area contributed by atoms with E-state index < -0.39 is 0 Å². The number of hydrogen-bond acceptors (Lipinski definition) is 4. The number of amides is 1. The van der Waals surface area contributed by atoms with E-state index in [-0.39, 0.29) is 5.92 Å². The molecule has 0 spiro atoms. The molecule has 0 unspecified atom stereocenters. The lowest BCUT2D eigenvalue weighted by Gasteiger charge is -2.34. The fraction of sp³-hybridized carbons (Fsp3) is 0.600. The van der Waals surface area contributed by atoms with Crippen molar-refractivity contribution >= 4 is 5.91 Å². The van der Waals surface area contributed by atoms with Crippen LogP contribution in [-0.2, 0) is 22.6 Å². The molecule has 1 saturated heterocycles. The Labute approximate surface area is 186 Å². The Bertz CT molecular complexity index is 874. The van der Waals surface area contributed by atoms with Crippen LogP contribution in [0.5, 0.6) is 0 Å². The van der Waals surface area contributed by atoms with E-state index in [1.54, 1.807) is 0 Å². The van der Waals surface area contributed by atoms with Gasteiger partial charge in [-0.25, -0.2) is 4.98 Å². The first kappa shape index (κ1) is 22.0. The standard InChI is InChI=1S/C25H36N4O2/c1-19-15-20(2)23(21(3)16-19)17-28-8-7-26-24(28)18-29(25(30)22-5-4-6-22)10-9-27-11-13-31-14-12-27/h7-8,15-16,22H,4-6,9-14,17-18H2,1-3H3. The maximum absolute atomic E-state index is 13.2. The smallest absolute Gasteiger partial charge is 0.226 e. The number of nitrogens with zero attached hydrogens (tertiary/aromatic N) is 4. The molecular weight excluding hydrogens is 388 g/mol. The van der Waals surface area contributed by atoms with Gasteiger partial charge in [0.2, 0.25) is 5.91 Å². The predicted octanol–water partition coefficient (Wildman–Crippen LogP) is 3.32. The first-order valence-corrected chi connectivity index (χ1v) is 11.7. The lowest BCUT2D eigenvalue weighted by Crippen LogP contribution is -2.45. The van der Waals surface area contributed by atoms with Gasteiger partial charge in [0.05, 0.1) is 19.8 Å². The third kappa shape index (κ3) is 5.36. The first-order chi connectivity index (χ1) is 15.0. The summed E-state index contributed by atoms with van der Waals surface area (Å²) in [6.45, 7) is 13.0. The van der Waals surface area contributed by atoms with E-state index in [1.165, 1.54) is 28.7 Å². The number of aromatic nitrogens is 2. The Hall–Kier alpha value is -2.18. The molecule has 1 amide bonds. The Morgan fingerprint density at radius 3 is 2.52 bits per heavy atom. The van der Waals surface area contributed by atoms with Gasteiger partial charge in [-0.15, -0.1) is 0 Å². The molecule has 6 heteroatoms. The number of rotatable bonds is 8. The molecule has 1 aromatic heterocycles. The van der Waals surface area contributed by atoms with Gasteiger partial charge in [-0.05, 0) is 50.3 Å². The molecule has 1 saturated carbocycles. The van der Waals surface area contributed by atoms with Crippen LogP contribution in [0.2, 0.25) is 0 Å². The molecule has 4 rings (SSSR count). The van der Waals surface area contributed by atoms with E-state index >= 15 is 0 Å². The zero-order valence-corrected chi connectivity index (χ0v) is 19.3. The van der Waals surface area contributed by atoms with Gasteiger partial charge in [-0.1, -0.05) is 24.1 Å². The minimum Gasteiger partial charge on any atom is -0.379 e. The maximum atomic E-state index is 13.2. The van der Waals surface area contributed by atoms with Gasteiger partial charge in [0.25, 0.3) is 0 Å². The van der Waals surface area contributed by atoms with E-state index in [9.17, 15) is 4.79 Å². The molecule has 31 heavy (non-hydrogen) atoms. The van der Waals surface area contributed by atoms with Crippen molar-refractivity contribution < 1.29 is 9.53 Å². The Morgan fingerprint density at radius 1 is 1.16 bits per heavy atom. The van der Waals surface area contributed by atoms with Crippen LogP contribution in [0.4, 0.5) is 0 Å². The van der Waals surface area contributed by atoms with E-state index in [0.717, 1.165) is 64.6 Å².